The fraction of sp³-hybridized carbons (Fsp3) is 0. The fourth-order valence-electron chi connectivity index (χ4n) is 17.6. The topological polar surface area (TPSA) is 34.4 Å². The van der Waals surface area contributed by atoms with Gasteiger partial charge in [0, 0.05) is 133 Å². The van der Waals surface area contributed by atoms with E-state index in [4.69, 9.17) is 0 Å². The van der Waals surface area contributed by atoms with Crippen LogP contribution in [0.3, 0.4) is 0 Å². The predicted octanol–water partition coefficient (Wildman–Crippen LogP) is 27.6. The van der Waals surface area contributed by atoms with Crippen LogP contribution in [-0.4, -0.2) is 22.8 Å². The first kappa shape index (κ1) is 62.5. The third-order valence-corrected chi connectivity index (χ3v) is 22.4. The van der Waals surface area contributed by atoms with E-state index in [1.807, 2.05) is 0 Å². The zero-order valence-corrected chi connectivity index (χ0v) is 59.8. The Balaban J connectivity index is 0.746. The molecule has 0 spiro atoms. The van der Waals surface area contributed by atoms with Crippen molar-refractivity contribution in [2.24, 2.45) is 0 Å². The normalized spacial score (nSPS) is 11.8. The lowest BCUT2D eigenvalue weighted by atomic mass is 10.1. The van der Waals surface area contributed by atoms with Gasteiger partial charge in [-0.15, -0.1) is 0 Å². The number of nitrogens with zero attached hydrogens (tertiary/aromatic N) is 8. The molecule has 8 heteroatoms. The number of benzene rings is 17. The molecule has 0 radical (unpaired) electrons. The van der Waals surface area contributed by atoms with Gasteiger partial charge in [0.2, 0.25) is 0 Å². The van der Waals surface area contributed by atoms with Crippen LogP contribution >= 0.6 is 0 Å². The smallest absolute Gasteiger partial charge is 0.0561 e. The minimum absolute atomic E-state index is 0.998. The summed E-state index contributed by atoms with van der Waals surface area (Å²) in [5.41, 5.74) is 26.1. The SMILES string of the molecule is c1ccc(-n2c3ccccc3c3ccc(N(c4ccc(N(c5ccc6c7ccccc7n(-c7ccccc7)c6c5)c5ccc6c7ccccc7n(-c7ccccc7)c6c5)cc4)c4ccc(N(c5ccc6c7ccccc7n(-c7ccccc7)c6c5)c5ccc6c7ccccc7n(-c7ccccc7)c6c5)cc4)cc32)cc1. The molecule has 22 aromatic rings. The van der Waals surface area contributed by atoms with Crippen LogP contribution in [0.1, 0.15) is 0 Å². The molecule has 0 aliphatic heterocycles. The van der Waals surface area contributed by atoms with Crippen LogP contribution in [0.2, 0.25) is 0 Å². The second-order valence-corrected chi connectivity index (χ2v) is 28.5. The Bertz CT molecular complexity index is 6640. The van der Waals surface area contributed by atoms with Crippen molar-refractivity contribution in [3.8, 4) is 28.4 Å². The molecule has 5 heterocycles. The molecular formula is C102H68N8. The first-order valence-corrected chi connectivity index (χ1v) is 37.6. The maximum atomic E-state index is 2.44. The summed E-state index contributed by atoms with van der Waals surface area (Å²) in [6, 6.07) is 151. The van der Waals surface area contributed by atoms with E-state index in [0.29, 0.717) is 0 Å². The average molecular weight is 1410 g/mol. The Morgan fingerprint density at radius 2 is 0.264 bits per heavy atom. The van der Waals surface area contributed by atoms with Crippen LogP contribution in [0.15, 0.2) is 413 Å². The minimum Gasteiger partial charge on any atom is -0.310 e. The van der Waals surface area contributed by atoms with E-state index >= 15 is 0 Å². The van der Waals surface area contributed by atoms with Crippen molar-refractivity contribution in [2.45, 2.75) is 0 Å². The number of fused-ring (bicyclic) bond motifs is 15. The summed E-state index contributed by atoms with van der Waals surface area (Å²) in [5.74, 6) is 0. The highest BCUT2D eigenvalue weighted by Gasteiger charge is 2.26. The molecule has 516 valence electrons. The van der Waals surface area contributed by atoms with Gasteiger partial charge in [0.15, 0.2) is 0 Å². The maximum absolute atomic E-state index is 2.44. The second kappa shape index (κ2) is 25.4. The molecule has 8 nitrogen and oxygen atoms in total. The van der Waals surface area contributed by atoms with Crippen molar-refractivity contribution in [1.29, 1.82) is 0 Å². The van der Waals surface area contributed by atoms with E-state index in [1.165, 1.54) is 53.9 Å². The van der Waals surface area contributed by atoms with Crippen molar-refractivity contribution in [3.63, 3.8) is 0 Å². The number of aromatic nitrogens is 5. The van der Waals surface area contributed by atoms with E-state index in [0.717, 1.165) is 135 Å². The van der Waals surface area contributed by atoms with Crippen LogP contribution in [-0.2, 0) is 0 Å². The van der Waals surface area contributed by atoms with Gasteiger partial charge in [-0.3, -0.25) is 0 Å². The number of hydrogen-bond acceptors (Lipinski definition) is 3. The van der Waals surface area contributed by atoms with Crippen molar-refractivity contribution >= 4 is 160 Å². The Morgan fingerprint density at radius 3 is 0.455 bits per heavy atom. The van der Waals surface area contributed by atoms with Crippen LogP contribution in [0.25, 0.3) is 137 Å². The predicted molar refractivity (Wildman–Crippen MR) is 462 cm³/mol. The average Bonchev–Trinajstić information content (AvgIpc) is 1.59. The van der Waals surface area contributed by atoms with Gasteiger partial charge in [0.1, 0.15) is 0 Å². The molecule has 0 N–H and O–H groups in total. The quantitative estimate of drug-likeness (QED) is 0.109. The number of para-hydroxylation sites is 10. The summed E-state index contributed by atoms with van der Waals surface area (Å²) >= 11 is 0. The van der Waals surface area contributed by atoms with E-state index in [1.54, 1.807) is 0 Å². The number of hydrogen-bond donors (Lipinski definition) is 0. The van der Waals surface area contributed by atoms with E-state index in [-0.39, 0.29) is 0 Å². The van der Waals surface area contributed by atoms with Crippen molar-refractivity contribution in [1.82, 2.24) is 22.8 Å². The number of anilines is 9. The zero-order chi connectivity index (χ0) is 72.3. The molecule has 0 saturated heterocycles. The van der Waals surface area contributed by atoms with E-state index in [2.05, 4.69) is 450 Å². The van der Waals surface area contributed by atoms with Gasteiger partial charge in [-0.25, -0.2) is 0 Å². The highest BCUT2D eigenvalue weighted by molar-refractivity contribution is 6.15. The summed E-state index contributed by atoms with van der Waals surface area (Å²) in [7, 11) is 0. The monoisotopic (exact) mass is 1400 g/mol. The minimum atomic E-state index is 0.998. The number of rotatable bonds is 14. The molecule has 0 bridgehead atoms. The van der Waals surface area contributed by atoms with Gasteiger partial charge in [0.05, 0.1) is 55.2 Å². The Kier molecular flexibility index (Phi) is 14.5. The van der Waals surface area contributed by atoms with Crippen LogP contribution < -0.4 is 14.7 Å². The molecule has 0 amide bonds. The molecule has 0 aliphatic carbocycles. The lowest BCUT2D eigenvalue weighted by molar-refractivity contribution is 1.17. The molecule has 17 aromatic carbocycles. The largest absolute Gasteiger partial charge is 0.310 e. The molecule has 0 saturated carbocycles. The first-order valence-electron chi connectivity index (χ1n) is 37.6. The van der Waals surface area contributed by atoms with Crippen LogP contribution in [0.5, 0.6) is 0 Å². The van der Waals surface area contributed by atoms with Gasteiger partial charge in [-0.2, -0.15) is 0 Å². The highest BCUT2D eigenvalue weighted by atomic mass is 15.2. The van der Waals surface area contributed by atoms with Crippen LogP contribution in [0.4, 0.5) is 51.2 Å². The van der Waals surface area contributed by atoms with E-state index in [9.17, 15) is 0 Å². The molecule has 0 fully saturated rings. The van der Waals surface area contributed by atoms with Crippen molar-refractivity contribution in [3.05, 3.63) is 413 Å². The van der Waals surface area contributed by atoms with Gasteiger partial charge in [-0.1, -0.05) is 212 Å². The lowest BCUT2D eigenvalue weighted by Crippen LogP contribution is -2.13. The van der Waals surface area contributed by atoms with Crippen LogP contribution in [0, 0.1) is 0 Å². The fourth-order valence-corrected chi connectivity index (χ4v) is 17.6. The summed E-state index contributed by atoms with van der Waals surface area (Å²) < 4.78 is 12.1. The molecular weight excluding hydrogens is 1340 g/mol. The molecule has 0 atom stereocenters. The van der Waals surface area contributed by atoms with Gasteiger partial charge >= 0.3 is 0 Å². The second-order valence-electron chi connectivity index (χ2n) is 28.5. The summed E-state index contributed by atoms with van der Waals surface area (Å²) in [4.78, 5) is 7.31. The van der Waals surface area contributed by atoms with Gasteiger partial charge < -0.3 is 37.5 Å². The van der Waals surface area contributed by atoms with E-state index < -0.39 is 0 Å². The zero-order valence-electron chi connectivity index (χ0n) is 59.8. The molecule has 5 aromatic heterocycles. The molecule has 0 unspecified atom stereocenters. The van der Waals surface area contributed by atoms with Gasteiger partial charge in [0.25, 0.3) is 0 Å². The molecule has 110 heavy (non-hydrogen) atoms. The standard InChI is InChI=1S/C102H68N8/c1-6-26-69(27-7-1)106-93-41-21-16-36-83(93)88-59-54-78(64-98(88)106)103(74-46-50-76(51-47-74)104(79-55-60-89-84-37-17-22-42-94(84)107(99(89)65-79)70-28-8-2-9-29-70)80-56-61-90-85-38-18-23-43-95(85)108(100(90)66-80)71-30-10-3-11-31-71)75-48-52-77(53-49-75)105(81-57-62-91-86-39-19-24-44-96(86)109(101(91)67-81)72-32-12-4-13-33-72)82-58-63-92-87-40-20-25-45-97(87)110(102(92)68-82)73-34-14-5-15-35-73/h1-68H. The summed E-state index contributed by atoms with van der Waals surface area (Å²) in [5, 5.41) is 12.0. The van der Waals surface area contributed by atoms with Crippen molar-refractivity contribution in [2.75, 3.05) is 14.7 Å². The lowest BCUT2D eigenvalue weighted by Gasteiger charge is -2.30. The molecule has 0 aliphatic rings. The van der Waals surface area contributed by atoms with Crippen molar-refractivity contribution < 1.29 is 0 Å². The highest BCUT2D eigenvalue weighted by Crippen LogP contribution is 2.48. The Labute approximate surface area is 634 Å². The Hall–Kier alpha value is -14.9. The molecule has 22 rings (SSSR count). The Morgan fingerprint density at radius 1 is 0.118 bits per heavy atom. The maximum Gasteiger partial charge on any atom is 0.0561 e. The first-order chi connectivity index (χ1) is 54.6. The third kappa shape index (κ3) is 10.0. The third-order valence-electron chi connectivity index (χ3n) is 22.4. The summed E-state index contributed by atoms with van der Waals surface area (Å²) in [6.07, 6.45) is 0. The summed E-state index contributed by atoms with van der Waals surface area (Å²) in [6.45, 7) is 0. The van der Waals surface area contributed by atoms with Gasteiger partial charge in [-0.05, 0) is 200 Å².